The number of H-pyrrole nitrogens is 1. The van der Waals surface area contributed by atoms with E-state index < -0.39 is 0 Å². The van der Waals surface area contributed by atoms with Crippen LogP contribution in [0.2, 0.25) is 0 Å². The van der Waals surface area contributed by atoms with E-state index >= 15 is 0 Å². The molecule has 154 valence electrons. The van der Waals surface area contributed by atoms with Crippen LogP contribution in [0.15, 0.2) is 35.1 Å². The number of nitrogens with zero attached hydrogens (tertiary/aromatic N) is 3. The van der Waals surface area contributed by atoms with Gasteiger partial charge in [-0.2, -0.15) is 0 Å². The van der Waals surface area contributed by atoms with E-state index in [1.807, 2.05) is 32.0 Å². The number of aryl methyl sites for hydroxylation is 1. The molecule has 0 spiro atoms. The zero-order valence-corrected chi connectivity index (χ0v) is 17.3. The molecule has 0 amide bonds. The highest BCUT2D eigenvalue weighted by molar-refractivity contribution is 5.42. The van der Waals surface area contributed by atoms with E-state index in [0.717, 1.165) is 43.2 Å². The van der Waals surface area contributed by atoms with Gasteiger partial charge in [-0.15, -0.1) is 0 Å². The fourth-order valence-electron chi connectivity index (χ4n) is 3.87. The molecule has 1 aliphatic heterocycles. The largest absolute Gasteiger partial charge is 0.491 e. The smallest absolute Gasteiger partial charge is 0.275 e. The monoisotopic (exact) mass is 396 g/mol. The maximum atomic E-state index is 12.5. The van der Waals surface area contributed by atoms with Crippen LogP contribution >= 0.6 is 0 Å². The Hall–Kier alpha value is -2.64. The van der Waals surface area contributed by atoms with E-state index in [9.17, 15) is 4.79 Å². The summed E-state index contributed by atoms with van der Waals surface area (Å²) < 4.78 is 12.2. The summed E-state index contributed by atoms with van der Waals surface area (Å²) in [4.78, 5) is 19.5. The maximum absolute atomic E-state index is 12.5. The molecule has 4 rings (SSSR count). The Morgan fingerprint density at radius 3 is 2.76 bits per heavy atom. The SMILES string of the molecule is COCCOc1ccc(CN2CCC(c3cc4nc(C)c(C)c(=O)n4[nH]3)C2)cc1. The molecule has 1 aliphatic rings. The van der Waals surface area contributed by atoms with Crippen molar-refractivity contribution in [2.24, 2.45) is 0 Å². The zero-order valence-electron chi connectivity index (χ0n) is 17.3. The first-order valence-electron chi connectivity index (χ1n) is 10.1. The van der Waals surface area contributed by atoms with E-state index in [4.69, 9.17) is 9.47 Å². The fraction of sp³-hybridized carbons (Fsp3) is 0.455. The molecule has 0 radical (unpaired) electrons. The summed E-state index contributed by atoms with van der Waals surface area (Å²) in [6, 6.07) is 10.3. The van der Waals surface area contributed by atoms with Crippen molar-refractivity contribution < 1.29 is 9.47 Å². The topological polar surface area (TPSA) is 71.9 Å². The summed E-state index contributed by atoms with van der Waals surface area (Å²) in [6.07, 6.45) is 1.07. The van der Waals surface area contributed by atoms with Crippen molar-refractivity contribution in [2.45, 2.75) is 32.7 Å². The summed E-state index contributed by atoms with van der Waals surface area (Å²) >= 11 is 0. The minimum atomic E-state index is -0.0126. The molecule has 0 bridgehead atoms. The van der Waals surface area contributed by atoms with Crippen molar-refractivity contribution in [3.63, 3.8) is 0 Å². The second-order valence-corrected chi connectivity index (χ2v) is 7.74. The van der Waals surface area contributed by atoms with Gasteiger partial charge in [-0.25, -0.2) is 9.50 Å². The summed E-state index contributed by atoms with van der Waals surface area (Å²) in [5.41, 5.74) is 4.54. The second-order valence-electron chi connectivity index (χ2n) is 7.74. The number of nitrogens with one attached hydrogen (secondary N) is 1. The van der Waals surface area contributed by atoms with Crippen LogP contribution in [0.5, 0.6) is 5.75 Å². The number of benzene rings is 1. The number of methoxy groups -OCH3 is 1. The van der Waals surface area contributed by atoms with E-state index in [1.165, 1.54) is 5.56 Å². The lowest BCUT2D eigenvalue weighted by Crippen LogP contribution is -2.20. The number of ether oxygens (including phenoxy) is 2. The van der Waals surface area contributed by atoms with Gasteiger partial charge < -0.3 is 9.47 Å². The summed E-state index contributed by atoms with van der Waals surface area (Å²) in [6.45, 7) is 7.76. The molecule has 0 aliphatic carbocycles. The van der Waals surface area contributed by atoms with E-state index in [0.29, 0.717) is 30.3 Å². The number of aromatic nitrogens is 3. The van der Waals surface area contributed by atoms with E-state index in [1.54, 1.807) is 11.6 Å². The molecular formula is C22H28N4O3. The second kappa shape index (κ2) is 8.39. The van der Waals surface area contributed by atoms with Gasteiger partial charge in [-0.3, -0.25) is 14.8 Å². The summed E-state index contributed by atoms with van der Waals surface area (Å²) in [5, 5.41) is 3.28. The summed E-state index contributed by atoms with van der Waals surface area (Å²) in [7, 11) is 1.67. The molecule has 3 heterocycles. The quantitative estimate of drug-likeness (QED) is 0.622. The van der Waals surface area contributed by atoms with Crippen molar-refractivity contribution in [1.29, 1.82) is 0 Å². The number of hydrogen-bond acceptors (Lipinski definition) is 5. The highest BCUT2D eigenvalue weighted by atomic mass is 16.5. The molecule has 1 aromatic carbocycles. The first-order chi connectivity index (χ1) is 14.0. The molecule has 0 saturated carbocycles. The van der Waals surface area contributed by atoms with E-state index in [-0.39, 0.29) is 5.56 Å². The molecular weight excluding hydrogens is 368 g/mol. The molecule has 29 heavy (non-hydrogen) atoms. The van der Waals surface area contributed by atoms with Crippen LogP contribution in [0.4, 0.5) is 0 Å². The van der Waals surface area contributed by atoms with Gasteiger partial charge in [0.15, 0.2) is 5.65 Å². The lowest BCUT2D eigenvalue weighted by atomic mass is 10.1. The first kappa shape index (κ1) is 19.7. The third kappa shape index (κ3) is 4.21. The number of rotatable bonds is 7. The molecule has 1 N–H and O–H groups in total. The lowest BCUT2D eigenvalue weighted by Gasteiger charge is -2.16. The average Bonchev–Trinajstić information content (AvgIpc) is 3.35. The van der Waals surface area contributed by atoms with Gasteiger partial charge in [0.2, 0.25) is 0 Å². The van der Waals surface area contributed by atoms with Crippen LogP contribution < -0.4 is 10.3 Å². The Balaban J connectivity index is 1.40. The molecule has 2 aromatic heterocycles. The van der Waals surface area contributed by atoms with Crippen molar-refractivity contribution >= 4 is 5.65 Å². The van der Waals surface area contributed by atoms with Gasteiger partial charge in [-0.05, 0) is 44.5 Å². The van der Waals surface area contributed by atoms with Crippen LogP contribution in [0.3, 0.4) is 0 Å². The molecule has 1 atom stereocenters. The third-order valence-electron chi connectivity index (χ3n) is 5.70. The Labute approximate surface area is 170 Å². The predicted octanol–water partition coefficient (Wildman–Crippen LogP) is 2.65. The third-order valence-corrected chi connectivity index (χ3v) is 5.70. The maximum Gasteiger partial charge on any atom is 0.275 e. The van der Waals surface area contributed by atoms with E-state index in [2.05, 4.69) is 27.1 Å². The highest BCUT2D eigenvalue weighted by Crippen LogP contribution is 2.28. The van der Waals surface area contributed by atoms with Gasteiger partial charge >= 0.3 is 0 Å². The van der Waals surface area contributed by atoms with Crippen molar-refractivity contribution in [1.82, 2.24) is 19.5 Å². The Morgan fingerprint density at radius 2 is 2.00 bits per heavy atom. The van der Waals surface area contributed by atoms with Crippen LogP contribution in [-0.4, -0.2) is 52.9 Å². The molecule has 7 nitrogen and oxygen atoms in total. The highest BCUT2D eigenvalue weighted by Gasteiger charge is 2.26. The molecule has 1 unspecified atom stereocenters. The number of fused-ring (bicyclic) bond motifs is 1. The van der Waals surface area contributed by atoms with Crippen molar-refractivity contribution in [3.8, 4) is 5.75 Å². The molecule has 1 saturated heterocycles. The zero-order chi connectivity index (χ0) is 20.4. The minimum Gasteiger partial charge on any atom is -0.491 e. The molecule has 1 fully saturated rings. The van der Waals surface area contributed by atoms with Crippen LogP contribution in [-0.2, 0) is 11.3 Å². The summed E-state index contributed by atoms with van der Waals surface area (Å²) in [5.74, 6) is 1.25. The first-order valence-corrected chi connectivity index (χ1v) is 10.1. The van der Waals surface area contributed by atoms with Gasteiger partial charge in [0.1, 0.15) is 12.4 Å². The van der Waals surface area contributed by atoms with Crippen molar-refractivity contribution in [2.75, 3.05) is 33.4 Å². The fourth-order valence-corrected chi connectivity index (χ4v) is 3.87. The lowest BCUT2D eigenvalue weighted by molar-refractivity contribution is 0.146. The number of hydrogen-bond donors (Lipinski definition) is 1. The molecule has 3 aromatic rings. The van der Waals surface area contributed by atoms with Crippen LogP contribution in [0.25, 0.3) is 5.65 Å². The van der Waals surface area contributed by atoms with Gasteiger partial charge in [0, 0.05) is 49.1 Å². The van der Waals surface area contributed by atoms with Crippen molar-refractivity contribution in [3.05, 3.63) is 63.2 Å². The Morgan fingerprint density at radius 1 is 1.21 bits per heavy atom. The standard InChI is InChI=1S/C22H28N4O3/c1-15-16(2)23-21-12-20(24-26(21)22(15)27)18-8-9-25(14-18)13-17-4-6-19(7-5-17)29-11-10-28-3/h4-7,12,18,24H,8-11,13-14H2,1-3H3. The Kier molecular flexibility index (Phi) is 5.69. The van der Waals surface area contributed by atoms with Gasteiger partial charge in [0.05, 0.1) is 6.61 Å². The van der Waals surface area contributed by atoms with Crippen LogP contribution in [0.1, 0.15) is 34.9 Å². The van der Waals surface area contributed by atoms with Gasteiger partial charge in [0.25, 0.3) is 5.56 Å². The predicted molar refractivity (Wildman–Crippen MR) is 112 cm³/mol. The minimum absolute atomic E-state index is 0.0126. The number of likely N-dealkylation sites (tertiary alicyclic amines) is 1. The Bertz CT molecular complexity index is 1040. The normalized spacial score (nSPS) is 17.3. The van der Waals surface area contributed by atoms with Crippen LogP contribution in [0, 0.1) is 13.8 Å². The molecule has 7 heteroatoms. The van der Waals surface area contributed by atoms with Gasteiger partial charge in [-0.1, -0.05) is 12.1 Å². The number of aromatic amines is 1. The average molecular weight is 396 g/mol.